The van der Waals surface area contributed by atoms with Crippen LogP contribution in [0.3, 0.4) is 0 Å². The minimum absolute atomic E-state index is 0.0511. The van der Waals surface area contributed by atoms with E-state index in [0.717, 1.165) is 38.4 Å². The maximum atomic E-state index is 12.4. The largest absolute Gasteiger partial charge is 0.316 e. The van der Waals surface area contributed by atoms with Gasteiger partial charge in [-0.05, 0) is 19.9 Å². The molecule has 2 atom stereocenters. The third kappa shape index (κ3) is 5.79. The van der Waals surface area contributed by atoms with Crippen LogP contribution in [-0.4, -0.2) is 52.9 Å². The molecule has 1 N–H and O–H groups in total. The molecule has 0 aromatic rings. The quantitative estimate of drug-likeness (QED) is 0.810. The summed E-state index contributed by atoms with van der Waals surface area (Å²) in [6, 6.07) is -0.0511. The number of nitrogens with one attached hydrogen (secondary N) is 1. The van der Waals surface area contributed by atoms with E-state index in [1.54, 1.807) is 7.05 Å². The zero-order chi connectivity index (χ0) is 14.5. The molecular weight excluding hydrogens is 286 g/mol. The molecule has 1 rings (SSSR count). The van der Waals surface area contributed by atoms with E-state index in [0.29, 0.717) is 6.42 Å². The van der Waals surface area contributed by atoms with E-state index in [-0.39, 0.29) is 17.5 Å². The van der Waals surface area contributed by atoms with Gasteiger partial charge in [0.2, 0.25) is 0 Å². The summed E-state index contributed by atoms with van der Waals surface area (Å²) in [5.74, 6) is -0.531. The molecule has 19 heavy (non-hydrogen) atoms. The van der Waals surface area contributed by atoms with Crippen molar-refractivity contribution in [1.29, 1.82) is 0 Å². The van der Waals surface area contributed by atoms with Gasteiger partial charge in [-0.3, -0.25) is 0 Å². The molecule has 0 aromatic heterocycles. The van der Waals surface area contributed by atoms with Crippen molar-refractivity contribution >= 4 is 19.7 Å². The Morgan fingerprint density at radius 3 is 2.05 bits per heavy atom. The van der Waals surface area contributed by atoms with Gasteiger partial charge in [0.25, 0.3) is 0 Å². The molecule has 1 aliphatic rings. The highest BCUT2D eigenvalue weighted by atomic mass is 32.2. The van der Waals surface area contributed by atoms with Gasteiger partial charge in [0.1, 0.15) is 9.84 Å². The summed E-state index contributed by atoms with van der Waals surface area (Å²) in [4.78, 5) is 0. The minimum atomic E-state index is -3.36. The highest BCUT2D eigenvalue weighted by molar-refractivity contribution is 7.95. The number of hydrogen-bond donors (Lipinski definition) is 1. The highest BCUT2D eigenvalue weighted by Crippen LogP contribution is 2.23. The first-order chi connectivity index (χ1) is 8.76. The Kier molecular flexibility index (Phi) is 6.26. The summed E-state index contributed by atoms with van der Waals surface area (Å²) in [6.07, 6.45) is 6.71. The highest BCUT2D eigenvalue weighted by Gasteiger charge is 2.33. The second-order valence-electron chi connectivity index (χ2n) is 5.42. The van der Waals surface area contributed by atoms with Gasteiger partial charge < -0.3 is 5.32 Å². The van der Waals surface area contributed by atoms with E-state index in [4.69, 9.17) is 0 Å². The Morgan fingerprint density at radius 2 is 1.53 bits per heavy atom. The molecular formula is C12H25NO4S2. The molecule has 0 heterocycles. The first-order valence-corrected chi connectivity index (χ1v) is 10.6. The van der Waals surface area contributed by atoms with Crippen molar-refractivity contribution in [1.82, 2.24) is 5.32 Å². The second kappa shape index (κ2) is 7.04. The van der Waals surface area contributed by atoms with Crippen LogP contribution in [0.4, 0.5) is 0 Å². The lowest BCUT2D eigenvalue weighted by Gasteiger charge is -2.28. The fourth-order valence-electron chi connectivity index (χ4n) is 2.63. The van der Waals surface area contributed by atoms with Gasteiger partial charge in [-0.25, -0.2) is 16.8 Å². The number of hydrogen-bond acceptors (Lipinski definition) is 5. The normalized spacial score (nSPS) is 26.6. The van der Waals surface area contributed by atoms with Gasteiger partial charge in [-0.1, -0.05) is 25.7 Å². The molecule has 2 unspecified atom stereocenters. The Hall–Kier alpha value is -0.140. The summed E-state index contributed by atoms with van der Waals surface area (Å²) in [6.45, 7) is 0. The van der Waals surface area contributed by atoms with Crippen molar-refractivity contribution in [2.75, 3.05) is 24.8 Å². The van der Waals surface area contributed by atoms with Crippen molar-refractivity contribution < 1.29 is 16.8 Å². The fraction of sp³-hybridized carbons (Fsp3) is 1.00. The zero-order valence-corrected chi connectivity index (χ0v) is 13.4. The third-order valence-electron chi connectivity index (χ3n) is 3.77. The lowest BCUT2D eigenvalue weighted by Crippen LogP contribution is -2.44. The zero-order valence-electron chi connectivity index (χ0n) is 11.8. The molecule has 1 aliphatic carbocycles. The van der Waals surface area contributed by atoms with Crippen molar-refractivity contribution in [2.24, 2.45) is 0 Å². The molecule has 0 bridgehead atoms. The molecule has 0 aromatic carbocycles. The maximum absolute atomic E-state index is 12.4. The van der Waals surface area contributed by atoms with Crippen molar-refractivity contribution in [3.05, 3.63) is 0 Å². The molecule has 0 aliphatic heterocycles. The molecule has 5 nitrogen and oxygen atoms in total. The van der Waals surface area contributed by atoms with E-state index in [1.165, 1.54) is 0 Å². The van der Waals surface area contributed by atoms with E-state index in [2.05, 4.69) is 5.32 Å². The predicted molar refractivity (Wildman–Crippen MR) is 77.8 cm³/mol. The van der Waals surface area contributed by atoms with E-state index >= 15 is 0 Å². The smallest absolute Gasteiger partial charge is 0.155 e. The van der Waals surface area contributed by atoms with Gasteiger partial charge in [-0.15, -0.1) is 0 Å². The summed E-state index contributed by atoms with van der Waals surface area (Å²) in [5, 5.41) is 2.65. The van der Waals surface area contributed by atoms with Crippen LogP contribution < -0.4 is 5.32 Å². The molecule has 0 spiro atoms. The number of sulfone groups is 2. The van der Waals surface area contributed by atoms with Crippen LogP contribution in [0.15, 0.2) is 0 Å². The van der Waals surface area contributed by atoms with Crippen LogP contribution in [-0.2, 0) is 19.7 Å². The molecule has 1 saturated carbocycles. The summed E-state index contributed by atoms with van der Waals surface area (Å²) in [5.41, 5.74) is 0. The third-order valence-corrected chi connectivity index (χ3v) is 7.24. The SMILES string of the molecule is CNC1CCCCCCC1S(=O)(=O)CCS(C)(=O)=O. The Labute approximate surface area is 117 Å². The van der Waals surface area contributed by atoms with Crippen LogP contribution in [0, 0.1) is 0 Å². The van der Waals surface area contributed by atoms with Gasteiger partial charge in [0.05, 0.1) is 16.8 Å². The van der Waals surface area contributed by atoms with E-state index < -0.39 is 24.9 Å². The van der Waals surface area contributed by atoms with Crippen LogP contribution >= 0.6 is 0 Å². The average Bonchev–Trinajstić information content (AvgIpc) is 2.25. The first-order valence-electron chi connectivity index (χ1n) is 6.83. The Morgan fingerprint density at radius 1 is 0.947 bits per heavy atom. The predicted octanol–water partition coefficient (Wildman–Crippen LogP) is 0.757. The van der Waals surface area contributed by atoms with E-state index in [9.17, 15) is 16.8 Å². The monoisotopic (exact) mass is 311 g/mol. The van der Waals surface area contributed by atoms with Crippen molar-refractivity contribution in [3.8, 4) is 0 Å². The topological polar surface area (TPSA) is 80.3 Å². The lowest BCUT2D eigenvalue weighted by molar-refractivity contribution is 0.405. The van der Waals surface area contributed by atoms with Crippen LogP contribution in [0.5, 0.6) is 0 Å². The summed E-state index contributed by atoms with van der Waals surface area (Å²) >= 11 is 0. The van der Waals surface area contributed by atoms with Gasteiger partial charge >= 0.3 is 0 Å². The summed E-state index contributed by atoms with van der Waals surface area (Å²) in [7, 11) is -4.81. The molecule has 7 heteroatoms. The Balaban J connectivity index is 2.81. The fourth-order valence-corrected chi connectivity index (χ4v) is 6.37. The lowest BCUT2D eigenvalue weighted by atomic mass is 9.96. The van der Waals surface area contributed by atoms with Crippen LogP contribution in [0.1, 0.15) is 38.5 Å². The molecule has 1 fully saturated rings. The standard InChI is InChI=1S/C12H25NO4S2/c1-13-11-7-5-3-4-6-8-12(11)19(16,17)10-9-18(2,14)15/h11-13H,3-10H2,1-2H3. The van der Waals surface area contributed by atoms with Gasteiger partial charge in [0.15, 0.2) is 9.84 Å². The number of rotatable bonds is 5. The second-order valence-corrected chi connectivity index (χ2v) is 10.0. The molecule has 0 amide bonds. The molecule has 0 saturated heterocycles. The van der Waals surface area contributed by atoms with Gasteiger partial charge in [0, 0.05) is 12.3 Å². The van der Waals surface area contributed by atoms with Gasteiger partial charge in [-0.2, -0.15) is 0 Å². The maximum Gasteiger partial charge on any atom is 0.155 e. The van der Waals surface area contributed by atoms with Crippen molar-refractivity contribution in [3.63, 3.8) is 0 Å². The first kappa shape index (κ1) is 16.9. The van der Waals surface area contributed by atoms with E-state index in [1.807, 2.05) is 0 Å². The van der Waals surface area contributed by atoms with Crippen molar-refractivity contribution in [2.45, 2.75) is 49.8 Å². The summed E-state index contributed by atoms with van der Waals surface area (Å²) < 4.78 is 47.0. The van der Waals surface area contributed by atoms with Crippen LogP contribution in [0.25, 0.3) is 0 Å². The minimum Gasteiger partial charge on any atom is -0.316 e. The van der Waals surface area contributed by atoms with Crippen LogP contribution in [0.2, 0.25) is 0 Å². The Bertz CT molecular complexity index is 470. The molecule has 0 radical (unpaired) electrons. The molecule has 114 valence electrons. The average molecular weight is 311 g/mol.